The van der Waals surface area contributed by atoms with Crippen LogP contribution in [0.25, 0.3) is 32.9 Å². The first kappa shape index (κ1) is 16.1. The molecular weight excluding hydrogens is 326 g/mol. The maximum absolute atomic E-state index is 6.52. The predicted molar refractivity (Wildman–Crippen MR) is 108 cm³/mol. The Morgan fingerprint density at radius 2 is 1.48 bits per heavy atom. The van der Waals surface area contributed by atoms with Crippen molar-refractivity contribution in [1.82, 2.24) is 4.98 Å². The summed E-state index contributed by atoms with van der Waals surface area (Å²) in [6.45, 7) is 6.75. The molecule has 0 aliphatic carbocycles. The summed E-state index contributed by atoms with van der Waals surface area (Å²) in [5, 5.41) is 4.26. The van der Waals surface area contributed by atoms with Gasteiger partial charge in [0, 0.05) is 10.9 Å². The molecule has 1 heterocycles. The quantitative estimate of drug-likeness (QED) is 0.361. The number of rotatable bonds is 1. The Balaban J connectivity index is 2.02. The van der Waals surface area contributed by atoms with Crippen LogP contribution in [0, 0.1) is 0 Å². The van der Waals surface area contributed by atoms with Crippen molar-refractivity contribution in [2.24, 2.45) is 0 Å². The smallest absolute Gasteiger partial charge is 0.0724 e. The Labute approximate surface area is 153 Å². The number of hydrogen-bond donors (Lipinski definition) is 0. The van der Waals surface area contributed by atoms with Gasteiger partial charge in [-0.1, -0.05) is 74.8 Å². The second kappa shape index (κ2) is 5.86. The molecule has 0 radical (unpaired) electrons. The van der Waals surface area contributed by atoms with Crippen LogP contribution in [0.3, 0.4) is 0 Å². The fourth-order valence-electron chi connectivity index (χ4n) is 3.36. The van der Waals surface area contributed by atoms with Crippen LogP contribution in [-0.4, -0.2) is 4.98 Å². The highest BCUT2D eigenvalue weighted by Gasteiger charge is 2.18. The fourth-order valence-corrected chi connectivity index (χ4v) is 3.62. The maximum Gasteiger partial charge on any atom is 0.0724 e. The molecule has 0 bridgehead atoms. The molecule has 124 valence electrons. The zero-order valence-corrected chi connectivity index (χ0v) is 15.4. The molecule has 0 aliphatic heterocycles. The predicted octanol–water partition coefficient (Wildman–Crippen LogP) is 7.01. The zero-order chi connectivity index (χ0) is 17.6. The van der Waals surface area contributed by atoms with Crippen molar-refractivity contribution < 1.29 is 0 Å². The molecule has 0 amide bonds. The number of para-hydroxylation sites is 1. The molecule has 4 rings (SSSR count). The number of halogens is 1. The Morgan fingerprint density at radius 1 is 0.800 bits per heavy atom. The highest BCUT2D eigenvalue weighted by atomic mass is 35.5. The second-order valence-corrected chi connectivity index (χ2v) is 7.91. The van der Waals surface area contributed by atoms with E-state index in [0.29, 0.717) is 0 Å². The van der Waals surface area contributed by atoms with Crippen molar-refractivity contribution in [3.8, 4) is 11.3 Å². The van der Waals surface area contributed by atoms with E-state index in [4.69, 9.17) is 16.6 Å². The number of fused-ring (bicyclic) bond motifs is 2. The Hall–Kier alpha value is -2.38. The van der Waals surface area contributed by atoms with Crippen molar-refractivity contribution in [2.45, 2.75) is 26.2 Å². The minimum atomic E-state index is 0.0518. The van der Waals surface area contributed by atoms with Crippen LogP contribution in [0.2, 0.25) is 5.02 Å². The molecule has 0 fully saturated rings. The van der Waals surface area contributed by atoms with Crippen LogP contribution in [-0.2, 0) is 5.41 Å². The third-order valence-corrected chi connectivity index (χ3v) is 4.94. The van der Waals surface area contributed by atoms with Gasteiger partial charge in [0.05, 0.1) is 16.2 Å². The van der Waals surface area contributed by atoms with Gasteiger partial charge in [-0.25, -0.2) is 4.98 Å². The van der Waals surface area contributed by atoms with Crippen LogP contribution >= 0.6 is 11.6 Å². The highest BCUT2D eigenvalue weighted by molar-refractivity contribution is 6.35. The third kappa shape index (κ3) is 2.89. The SMILES string of the molecule is CC(C)(C)c1cc(-c2cc(Cl)c3ccccc3n2)cc2ccccc12. The fraction of sp³-hybridized carbons (Fsp3) is 0.174. The molecule has 0 unspecified atom stereocenters. The van der Waals surface area contributed by atoms with Crippen LogP contribution in [0.4, 0.5) is 0 Å². The lowest BCUT2D eigenvalue weighted by Crippen LogP contribution is -2.12. The molecule has 0 atom stereocenters. The number of nitrogens with zero attached hydrogens (tertiary/aromatic N) is 1. The lowest BCUT2D eigenvalue weighted by molar-refractivity contribution is 0.596. The van der Waals surface area contributed by atoms with Crippen LogP contribution in [0.5, 0.6) is 0 Å². The second-order valence-electron chi connectivity index (χ2n) is 7.50. The summed E-state index contributed by atoms with van der Waals surface area (Å²) in [5.74, 6) is 0. The molecule has 2 heteroatoms. The number of pyridine rings is 1. The van der Waals surface area contributed by atoms with E-state index in [1.54, 1.807) is 0 Å². The van der Waals surface area contributed by atoms with E-state index in [0.717, 1.165) is 27.2 Å². The van der Waals surface area contributed by atoms with E-state index in [1.807, 2.05) is 30.3 Å². The normalized spacial score (nSPS) is 12.0. The van der Waals surface area contributed by atoms with E-state index in [9.17, 15) is 0 Å². The first-order chi connectivity index (χ1) is 11.9. The first-order valence-corrected chi connectivity index (χ1v) is 8.90. The maximum atomic E-state index is 6.52. The molecule has 0 aliphatic rings. The van der Waals surface area contributed by atoms with E-state index in [-0.39, 0.29) is 5.41 Å². The number of hydrogen-bond acceptors (Lipinski definition) is 1. The van der Waals surface area contributed by atoms with Gasteiger partial charge in [0.1, 0.15) is 0 Å². The Morgan fingerprint density at radius 3 is 2.24 bits per heavy atom. The van der Waals surface area contributed by atoms with Gasteiger partial charge in [-0.3, -0.25) is 0 Å². The topological polar surface area (TPSA) is 12.9 Å². The summed E-state index contributed by atoms with van der Waals surface area (Å²) in [6.07, 6.45) is 0. The van der Waals surface area contributed by atoms with Gasteiger partial charge in [-0.15, -0.1) is 0 Å². The molecule has 0 saturated carbocycles. The number of aromatic nitrogens is 1. The summed E-state index contributed by atoms with van der Waals surface area (Å²) >= 11 is 6.52. The van der Waals surface area contributed by atoms with Crippen molar-refractivity contribution in [2.75, 3.05) is 0 Å². The zero-order valence-electron chi connectivity index (χ0n) is 14.7. The van der Waals surface area contributed by atoms with Crippen LogP contribution in [0.1, 0.15) is 26.3 Å². The van der Waals surface area contributed by atoms with Gasteiger partial charge in [0.2, 0.25) is 0 Å². The average molecular weight is 346 g/mol. The van der Waals surface area contributed by atoms with Gasteiger partial charge in [-0.05, 0) is 46.0 Å². The van der Waals surface area contributed by atoms with Crippen molar-refractivity contribution >= 4 is 33.3 Å². The van der Waals surface area contributed by atoms with Crippen molar-refractivity contribution in [3.05, 3.63) is 77.3 Å². The number of benzene rings is 3. The van der Waals surface area contributed by atoms with E-state index in [1.165, 1.54) is 16.3 Å². The molecule has 0 spiro atoms. The average Bonchev–Trinajstić information content (AvgIpc) is 2.60. The van der Waals surface area contributed by atoms with E-state index < -0.39 is 0 Å². The molecule has 0 N–H and O–H groups in total. The monoisotopic (exact) mass is 345 g/mol. The minimum Gasteiger partial charge on any atom is -0.248 e. The molecule has 25 heavy (non-hydrogen) atoms. The third-order valence-electron chi connectivity index (χ3n) is 4.63. The first-order valence-electron chi connectivity index (χ1n) is 8.52. The summed E-state index contributed by atoms with van der Waals surface area (Å²) < 4.78 is 0. The molecular formula is C23H20ClN. The summed E-state index contributed by atoms with van der Waals surface area (Å²) in [4.78, 5) is 4.85. The summed E-state index contributed by atoms with van der Waals surface area (Å²) in [7, 11) is 0. The Bertz CT molecular complexity index is 1090. The molecule has 1 nitrogen and oxygen atoms in total. The van der Waals surface area contributed by atoms with Gasteiger partial charge in [-0.2, -0.15) is 0 Å². The van der Waals surface area contributed by atoms with Crippen molar-refractivity contribution in [1.29, 1.82) is 0 Å². The summed E-state index contributed by atoms with van der Waals surface area (Å²) in [5.41, 5.74) is 4.33. The standard InChI is InChI=1S/C23H20ClN/c1-23(2,3)19-13-16(12-15-8-4-5-9-17(15)19)22-14-20(24)18-10-6-7-11-21(18)25-22/h4-14H,1-3H3. The van der Waals surface area contributed by atoms with E-state index in [2.05, 4.69) is 57.2 Å². The largest absolute Gasteiger partial charge is 0.248 e. The highest BCUT2D eigenvalue weighted by Crippen LogP contribution is 2.35. The molecule has 1 aromatic heterocycles. The van der Waals surface area contributed by atoms with Crippen molar-refractivity contribution in [3.63, 3.8) is 0 Å². The Kier molecular flexibility index (Phi) is 3.77. The van der Waals surface area contributed by atoms with Gasteiger partial charge >= 0.3 is 0 Å². The lowest BCUT2D eigenvalue weighted by atomic mass is 9.82. The molecule has 4 aromatic rings. The lowest BCUT2D eigenvalue weighted by Gasteiger charge is -2.22. The molecule has 0 saturated heterocycles. The van der Waals surface area contributed by atoms with Crippen LogP contribution < -0.4 is 0 Å². The van der Waals surface area contributed by atoms with E-state index >= 15 is 0 Å². The van der Waals surface area contributed by atoms with Gasteiger partial charge in [0.15, 0.2) is 0 Å². The van der Waals surface area contributed by atoms with Gasteiger partial charge in [0.25, 0.3) is 0 Å². The minimum absolute atomic E-state index is 0.0518. The molecule has 3 aromatic carbocycles. The summed E-state index contributed by atoms with van der Waals surface area (Å²) in [6, 6.07) is 23.0. The van der Waals surface area contributed by atoms with Gasteiger partial charge < -0.3 is 0 Å². The van der Waals surface area contributed by atoms with Crippen LogP contribution in [0.15, 0.2) is 66.7 Å².